The fraction of sp³-hybridized carbons (Fsp3) is 0.148. The van der Waals surface area contributed by atoms with Crippen molar-refractivity contribution in [2.75, 3.05) is 27.4 Å². The number of carbonyl (C=O) groups excluding carboxylic acids is 1. The Bertz CT molecular complexity index is 1280. The van der Waals surface area contributed by atoms with Gasteiger partial charge < -0.3 is 18.9 Å². The van der Waals surface area contributed by atoms with Gasteiger partial charge in [-0.3, -0.25) is 0 Å². The Hall–Kier alpha value is -4.35. The minimum atomic E-state index is -0.453. The molecule has 0 aromatic heterocycles. The second-order valence-electron chi connectivity index (χ2n) is 6.85. The number of benzene rings is 3. The summed E-state index contributed by atoms with van der Waals surface area (Å²) in [5, 5.41) is 0. The molecule has 1 aliphatic rings. The van der Waals surface area contributed by atoms with Crippen molar-refractivity contribution >= 4 is 5.97 Å². The predicted octanol–water partition coefficient (Wildman–Crippen LogP) is 4.05. The molecule has 3 aromatic rings. The number of fused-ring (bicyclic) bond motifs is 1. The Morgan fingerprint density at radius 1 is 0.750 bits per heavy atom. The molecule has 0 fully saturated rings. The van der Waals surface area contributed by atoms with Gasteiger partial charge in [0.25, 0.3) is 0 Å². The van der Waals surface area contributed by atoms with Crippen molar-refractivity contribution in [3.05, 3.63) is 88.5 Å². The number of methoxy groups -OCH3 is 2. The highest BCUT2D eigenvalue weighted by atomic mass is 16.6. The minimum Gasteiger partial charge on any atom is -0.496 e. The van der Waals surface area contributed by atoms with Gasteiger partial charge in [0.2, 0.25) is 0 Å². The van der Waals surface area contributed by atoms with E-state index < -0.39 is 5.97 Å². The van der Waals surface area contributed by atoms with E-state index in [2.05, 4.69) is 23.7 Å². The maximum atomic E-state index is 11.8. The van der Waals surface area contributed by atoms with Crippen molar-refractivity contribution in [2.45, 2.75) is 0 Å². The first kappa shape index (κ1) is 20.9. The lowest BCUT2D eigenvalue weighted by molar-refractivity contribution is 0.0597. The van der Waals surface area contributed by atoms with E-state index in [1.807, 2.05) is 42.5 Å². The second kappa shape index (κ2) is 9.64. The molecule has 32 heavy (non-hydrogen) atoms. The summed E-state index contributed by atoms with van der Waals surface area (Å²) in [6, 6.07) is 18.5. The molecule has 0 amide bonds. The van der Waals surface area contributed by atoms with Crippen LogP contribution in [0.1, 0.15) is 32.6 Å². The fourth-order valence-electron chi connectivity index (χ4n) is 3.13. The first-order valence-corrected chi connectivity index (χ1v) is 9.96. The lowest BCUT2D eigenvalue weighted by Crippen LogP contribution is -2.15. The number of hydrogen-bond donors (Lipinski definition) is 0. The molecule has 0 saturated heterocycles. The van der Waals surface area contributed by atoms with E-state index >= 15 is 0 Å². The van der Waals surface area contributed by atoms with Crippen LogP contribution in [0, 0.1) is 23.7 Å². The van der Waals surface area contributed by atoms with Crippen LogP contribution in [-0.4, -0.2) is 33.4 Å². The van der Waals surface area contributed by atoms with Crippen molar-refractivity contribution in [2.24, 2.45) is 0 Å². The largest absolute Gasteiger partial charge is 0.496 e. The molecule has 4 rings (SSSR count). The van der Waals surface area contributed by atoms with Gasteiger partial charge in [-0.05, 0) is 54.6 Å². The van der Waals surface area contributed by atoms with Gasteiger partial charge in [0.1, 0.15) is 24.5 Å². The van der Waals surface area contributed by atoms with Gasteiger partial charge in [-0.15, -0.1) is 0 Å². The first-order valence-electron chi connectivity index (χ1n) is 9.96. The molecule has 5 nitrogen and oxygen atoms in total. The Balaban J connectivity index is 1.54. The van der Waals surface area contributed by atoms with E-state index in [9.17, 15) is 4.79 Å². The van der Waals surface area contributed by atoms with E-state index in [0.717, 1.165) is 33.8 Å². The molecule has 3 aromatic carbocycles. The molecule has 0 radical (unpaired) electrons. The summed E-state index contributed by atoms with van der Waals surface area (Å²) in [5.74, 6) is 14.0. The zero-order chi connectivity index (χ0) is 22.3. The van der Waals surface area contributed by atoms with Crippen molar-refractivity contribution in [3.8, 4) is 40.9 Å². The number of esters is 1. The van der Waals surface area contributed by atoms with Crippen LogP contribution in [0.5, 0.6) is 17.2 Å². The summed E-state index contributed by atoms with van der Waals surface area (Å²) in [6.07, 6.45) is 0. The monoisotopic (exact) mass is 424 g/mol. The zero-order valence-corrected chi connectivity index (χ0v) is 17.7. The summed E-state index contributed by atoms with van der Waals surface area (Å²) >= 11 is 0. The van der Waals surface area contributed by atoms with Gasteiger partial charge in [-0.2, -0.15) is 0 Å². The quantitative estimate of drug-likeness (QED) is 0.459. The average Bonchev–Trinajstić information content (AvgIpc) is 2.85. The third-order valence-electron chi connectivity index (χ3n) is 4.71. The number of hydrogen-bond acceptors (Lipinski definition) is 5. The Morgan fingerprint density at radius 3 is 2.00 bits per heavy atom. The fourth-order valence-corrected chi connectivity index (χ4v) is 3.13. The highest BCUT2D eigenvalue weighted by molar-refractivity contribution is 5.92. The van der Waals surface area contributed by atoms with Gasteiger partial charge in [0.05, 0.1) is 14.2 Å². The summed E-state index contributed by atoms with van der Waals surface area (Å²) in [4.78, 5) is 11.8. The minimum absolute atomic E-state index is 0.358. The molecule has 0 unspecified atom stereocenters. The zero-order valence-electron chi connectivity index (χ0n) is 17.7. The van der Waals surface area contributed by atoms with Crippen LogP contribution in [-0.2, 0) is 4.74 Å². The third-order valence-corrected chi connectivity index (χ3v) is 4.71. The summed E-state index contributed by atoms with van der Waals surface area (Å²) in [5.41, 5.74) is 3.61. The van der Waals surface area contributed by atoms with E-state index in [-0.39, 0.29) is 0 Å². The number of carbonyl (C=O) groups is 1. The van der Waals surface area contributed by atoms with Gasteiger partial charge in [-0.25, -0.2) is 4.79 Å². The van der Waals surface area contributed by atoms with E-state index in [0.29, 0.717) is 24.5 Å². The summed E-state index contributed by atoms with van der Waals surface area (Å²) in [6.45, 7) is 1.11. The van der Waals surface area contributed by atoms with Crippen LogP contribution in [0.3, 0.4) is 0 Å². The third kappa shape index (κ3) is 4.86. The van der Waals surface area contributed by atoms with Crippen LogP contribution in [0.4, 0.5) is 0 Å². The van der Waals surface area contributed by atoms with Gasteiger partial charge in [-0.1, -0.05) is 29.7 Å². The second-order valence-corrected chi connectivity index (χ2v) is 6.85. The van der Waals surface area contributed by atoms with E-state index in [4.69, 9.17) is 18.9 Å². The molecule has 0 N–H and O–H groups in total. The average molecular weight is 424 g/mol. The normalized spacial score (nSPS) is 11.3. The van der Waals surface area contributed by atoms with Crippen molar-refractivity contribution in [1.29, 1.82) is 0 Å². The topological polar surface area (TPSA) is 54.0 Å². The molecule has 1 heterocycles. The van der Waals surface area contributed by atoms with Crippen LogP contribution >= 0.6 is 0 Å². The molecular weight excluding hydrogens is 404 g/mol. The van der Waals surface area contributed by atoms with Crippen molar-refractivity contribution in [3.63, 3.8) is 0 Å². The molecule has 1 aliphatic heterocycles. The molecule has 158 valence electrons. The number of rotatable bonds is 2. The summed E-state index contributed by atoms with van der Waals surface area (Å²) in [7, 11) is 2.84. The first-order chi connectivity index (χ1) is 15.7. The molecule has 0 aliphatic carbocycles. The standard InChI is InChI=1S/C27H20O5/c1-29-25-17-21(10-12-23(25)27(28)30-2)8-6-19-4-3-5-20(16-19)7-9-22-11-13-24-26(18-22)32-15-14-31-24/h3-5,10-13,16-18H,14-15H2,1-2H3. The van der Waals surface area contributed by atoms with Crippen LogP contribution in [0.25, 0.3) is 0 Å². The van der Waals surface area contributed by atoms with Gasteiger partial charge >= 0.3 is 5.97 Å². The smallest absolute Gasteiger partial charge is 0.341 e. The molecular formula is C27H20O5. The summed E-state index contributed by atoms with van der Waals surface area (Å²) < 4.78 is 21.2. The molecule has 0 bridgehead atoms. The Morgan fingerprint density at radius 2 is 1.34 bits per heavy atom. The molecule has 0 saturated carbocycles. The lowest BCUT2D eigenvalue weighted by Gasteiger charge is -2.17. The van der Waals surface area contributed by atoms with Gasteiger partial charge in [0.15, 0.2) is 11.5 Å². The van der Waals surface area contributed by atoms with Crippen LogP contribution in [0.15, 0.2) is 60.7 Å². The predicted molar refractivity (Wildman–Crippen MR) is 120 cm³/mol. The lowest BCUT2D eigenvalue weighted by atomic mass is 10.1. The highest BCUT2D eigenvalue weighted by Gasteiger charge is 2.12. The van der Waals surface area contributed by atoms with Crippen molar-refractivity contribution in [1.82, 2.24) is 0 Å². The maximum absolute atomic E-state index is 11.8. The molecule has 0 atom stereocenters. The van der Waals surface area contributed by atoms with Gasteiger partial charge in [0, 0.05) is 22.3 Å². The highest BCUT2D eigenvalue weighted by Crippen LogP contribution is 2.30. The molecule has 5 heteroatoms. The Kier molecular flexibility index (Phi) is 6.30. The molecule has 0 spiro atoms. The SMILES string of the molecule is COC(=O)c1ccc(C#Cc2cccc(C#Cc3ccc4c(c3)OCCO4)c2)cc1OC. The maximum Gasteiger partial charge on any atom is 0.341 e. The van der Waals surface area contributed by atoms with E-state index in [1.54, 1.807) is 18.2 Å². The van der Waals surface area contributed by atoms with Crippen LogP contribution < -0.4 is 14.2 Å². The Labute approximate surface area is 186 Å². The van der Waals surface area contributed by atoms with Crippen molar-refractivity contribution < 1.29 is 23.7 Å². The van der Waals surface area contributed by atoms with Crippen LogP contribution in [0.2, 0.25) is 0 Å². The van der Waals surface area contributed by atoms with E-state index in [1.165, 1.54) is 14.2 Å². The number of ether oxygens (including phenoxy) is 4.